The zero-order chi connectivity index (χ0) is 7.56. The predicted molar refractivity (Wildman–Crippen MR) is 41.8 cm³/mol. The first-order valence-corrected chi connectivity index (χ1v) is 3.39. The molecule has 1 N–H and O–H groups in total. The van der Waals surface area contributed by atoms with Crippen LogP contribution in [0, 0.1) is 0 Å². The second-order valence-electron chi connectivity index (χ2n) is 2.63. The highest BCUT2D eigenvalue weighted by Crippen LogP contribution is 1.94. The number of hydrazine groups is 1. The Morgan fingerprint density at radius 3 is 2.70 bits per heavy atom. The molecule has 1 aliphatic rings. The van der Waals surface area contributed by atoms with Gasteiger partial charge in [0.25, 0.3) is 0 Å². The summed E-state index contributed by atoms with van der Waals surface area (Å²) in [4.78, 5) is 6.34. The van der Waals surface area contributed by atoms with Gasteiger partial charge in [0.15, 0.2) is 0 Å². The molecule has 0 aromatic heterocycles. The van der Waals surface area contributed by atoms with E-state index in [1.165, 1.54) is 0 Å². The molecule has 0 aromatic carbocycles. The van der Waals surface area contributed by atoms with Crippen LogP contribution in [0.3, 0.4) is 0 Å². The summed E-state index contributed by atoms with van der Waals surface area (Å²) in [5.41, 5.74) is 3.10. The number of hydrogen-bond donors (Lipinski definition) is 1. The summed E-state index contributed by atoms with van der Waals surface area (Å²) < 4.78 is 0. The highest BCUT2D eigenvalue weighted by Gasteiger charge is 2.11. The van der Waals surface area contributed by atoms with E-state index in [4.69, 9.17) is 0 Å². The molecule has 58 valence electrons. The number of likely N-dealkylation sites (N-methyl/N-ethyl adjacent to an activating group) is 1. The zero-order valence-corrected chi connectivity index (χ0v) is 6.76. The Balaban J connectivity index is 2.40. The summed E-state index contributed by atoms with van der Waals surface area (Å²) in [6.07, 6.45) is 0. The molecule has 0 aromatic rings. The second kappa shape index (κ2) is 2.88. The third-order valence-electron chi connectivity index (χ3n) is 1.38. The first-order valence-electron chi connectivity index (χ1n) is 3.39. The van der Waals surface area contributed by atoms with Gasteiger partial charge in [0.2, 0.25) is 5.96 Å². The molecular weight excluding hydrogens is 128 g/mol. The lowest BCUT2D eigenvalue weighted by atomic mass is 10.6. The van der Waals surface area contributed by atoms with Crippen LogP contribution >= 0.6 is 0 Å². The van der Waals surface area contributed by atoms with Gasteiger partial charge in [-0.3, -0.25) is 10.4 Å². The maximum absolute atomic E-state index is 4.25. The molecule has 0 fully saturated rings. The monoisotopic (exact) mass is 142 g/mol. The predicted octanol–water partition coefficient (Wildman–Crippen LogP) is -0.646. The summed E-state index contributed by atoms with van der Waals surface area (Å²) in [5.74, 6) is 0.963. The third kappa shape index (κ3) is 1.60. The van der Waals surface area contributed by atoms with E-state index in [-0.39, 0.29) is 0 Å². The van der Waals surface area contributed by atoms with E-state index in [9.17, 15) is 0 Å². The van der Waals surface area contributed by atoms with Gasteiger partial charge in [-0.25, -0.2) is 5.01 Å². The van der Waals surface area contributed by atoms with Crippen molar-refractivity contribution in [3.63, 3.8) is 0 Å². The molecule has 0 unspecified atom stereocenters. The average Bonchev–Trinajstić information content (AvgIpc) is 2.15. The minimum atomic E-state index is 0.909. The van der Waals surface area contributed by atoms with Crippen LogP contribution in [0.25, 0.3) is 0 Å². The number of guanidine groups is 1. The highest BCUT2D eigenvalue weighted by atomic mass is 15.5. The topological polar surface area (TPSA) is 30.9 Å². The van der Waals surface area contributed by atoms with E-state index in [0.29, 0.717) is 0 Å². The molecule has 0 saturated carbocycles. The molecule has 1 heterocycles. The summed E-state index contributed by atoms with van der Waals surface area (Å²) in [6.45, 7) is 1.93. The van der Waals surface area contributed by atoms with Crippen molar-refractivity contribution >= 4 is 5.96 Å². The summed E-state index contributed by atoms with van der Waals surface area (Å²) >= 11 is 0. The van der Waals surface area contributed by atoms with E-state index in [1.54, 1.807) is 0 Å². The lowest BCUT2D eigenvalue weighted by Crippen LogP contribution is -2.43. The Morgan fingerprint density at radius 1 is 1.60 bits per heavy atom. The van der Waals surface area contributed by atoms with Crippen LogP contribution in [-0.4, -0.2) is 50.1 Å². The Labute approximate surface area is 61.5 Å². The lowest BCUT2D eigenvalue weighted by molar-refractivity contribution is 0.339. The van der Waals surface area contributed by atoms with Gasteiger partial charge in [-0.2, -0.15) is 0 Å². The molecule has 0 spiro atoms. The molecule has 10 heavy (non-hydrogen) atoms. The molecular formula is C6H14N4. The van der Waals surface area contributed by atoms with Crippen molar-refractivity contribution < 1.29 is 0 Å². The molecule has 4 heteroatoms. The van der Waals surface area contributed by atoms with Crippen molar-refractivity contribution in [1.82, 2.24) is 15.3 Å². The fourth-order valence-corrected chi connectivity index (χ4v) is 0.853. The van der Waals surface area contributed by atoms with Gasteiger partial charge in [-0.05, 0) is 0 Å². The van der Waals surface area contributed by atoms with Crippen LogP contribution in [0.1, 0.15) is 0 Å². The molecule has 4 nitrogen and oxygen atoms in total. The van der Waals surface area contributed by atoms with Crippen LogP contribution in [0.5, 0.6) is 0 Å². The molecule has 0 atom stereocenters. The Morgan fingerprint density at radius 2 is 2.30 bits per heavy atom. The van der Waals surface area contributed by atoms with Crippen LogP contribution in [-0.2, 0) is 0 Å². The minimum Gasteiger partial charge on any atom is -0.343 e. The van der Waals surface area contributed by atoms with E-state index in [0.717, 1.165) is 19.0 Å². The molecule has 0 saturated heterocycles. The van der Waals surface area contributed by atoms with E-state index in [1.807, 2.05) is 26.2 Å². The normalized spacial score (nSPS) is 18.0. The van der Waals surface area contributed by atoms with Crippen LogP contribution in [0.2, 0.25) is 0 Å². The highest BCUT2D eigenvalue weighted by molar-refractivity contribution is 5.80. The van der Waals surface area contributed by atoms with Crippen molar-refractivity contribution in [3.8, 4) is 0 Å². The van der Waals surface area contributed by atoms with Gasteiger partial charge < -0.3 is 4.90 Å². The maximum atomic E-state index is 4.25. The van der Waals surface area contributed by atoms with Crippen molar-refractivity contribution in [3.05, 3.63) is 0 Å². The molecule has 0 amide bonds. The molecule has 1 aliphatic heterocycles. The maximum Gasteiger partial charge on any atom is 0.208 e. The summed E-state index contributed by atoms with van der Waals surface area (Å²) in [7, 11) is 5.94. The number of nitrogens with one attached hydrogen (secondary N) is 1. The smallest absolute Gasteiger partial charge is 0.208 e. The van der Waals surface area contributed by atoms with Gasteiger partial charge in [0.05, 0.1) is 6.54 Å². The van der Waals surface area contributed by atoms with Crippen LogP contribution in [0.15, 0.2) is 4.99 Å². The standard InChI is InChI=1S/C6H14N4/c1-9(2)8-6-7-4-5-10(6)3/h4-5H2,1-3H3,(H,7,8). The number of nitrogens with zero attached hydrogens (tertiary/aromatic N) is 3. The number of aliphatic imine (C=N–C) groups is 1. The van der Waals surface area contributed by atoms with Crippen LogP contribution < -0.4 is 5.43 Å². The van der Waals surface area contributed by atoms with Gasteiger partial charge in [-0.1, -0.05) is 0 Å². The summed E-state index contributed by atoms with van der Waals surface area (Å²) in [6, 6.07) is 0. The van der Waals surface area contributed by atoms with E-state index in [2.05, 4.69) is 15.3 Å². The fraction of sp³-hybridized carbons (Fsp3) is 0.833. The van der Waals surface area contributed by atoms with E-state index >= 15 is 0 Å². The van der Waals surface area contributed by atoms with Gasteiger partial charge in [0.1, 0.15) is 0 Å². The second-order valence-corrected chi connectivity index (χ2v) is 2.63. The van der Waals surface area contributed by atoms with Gasteiger partial charge in [0, 0.05) is 27.7 Å². The zero-order valence-electron chi connectivity index (χ0n) is 6.76. The number of hydrogen-bond acceptors (Lipinski definition) is 4. The minimum absolute atomic E-state index is 0.909. The fourth-order valence-electron chi connectivity index (χ4n) is 0.853. The molecule has 1 rings (SSSR count). The number of rotatable bonds is 1. The first-order chi connectivity index (χ1) is 4.70. The molecule has 0 radical (unpaired) electrons. The summed E-state index contributed by atoms with van der Waals surface area (Å²) in [5, 5.41) is 1.89. The third-order valence-corrected chi connectivity index (χ3v) is 1.38. The van der Waals surface area contributed by atoms with Crippen molar-refractivity contribution in [2.75, 3.05) is 34.2 Å². The average molecular weight is 142 g/mol. The molecule has 0 aliphatic carbocycles. The van der Waals surface area contributed by atoms with Crippen molar-refractivity contribution in [2.24, 2.45) is 4.99 Å². The van der Waals surface area contributed by atoms with Crippen molar-refractivity contribution in [2.45, 2.75) is 0 Å². The van der Waals surface area contributed by atoms with Gasteiger partial charge in [-0.15, -0.1) is 0 Å². The largest absolute Gasteiger partial charge is 0.343 e. The Bertz CT molecular complexity index is 141. The molecule has 0 bridgehead atoms. The van der Waals surface area contributed by atoms with E-state index < -0.39 is 0 Å². The Kier molecular flexibility index (Phi) is 2.11. The van der Waals surface area contributed by atoms with Gasteiger partial charge >= 0.3 is 0 Å². The quantitative estimate of drug-likeness (QED) is 0.494. The Hall–Kier alpha value is -0.770. The lowest BCUT2D eigenvalue weighted by Gasteiger charge is -2.19. The van der Waals surface area contributed by atoms with Crippen LogP contribution in [0.4, 0.5) is 0 Å². The SMILES string of the molecule is CN(C)NC1=NCCN1C. The first kappa shape index (κ1) is 7.34. The van der Waals surface area contributed by atoms with Crippen molar-refractivity contribution in [1.29, 1.82) is 0 Å².